The summed E-state index contributed by atoms with van der Waals surface area (Å²) in [5.74, 6) is -1.04. The Hall–Kier alpha value is -2.25. The van der Waals surface area contributed by atoms with Gasteiger partial charge in [0.15, 0.2) is 0 Å². The molecule has 104 valence electrons. The van der Waals surface area contributed by atoms with E-state index >= 15 is 0 Å². The van der Waals surface area contributed by atoms with Crippen LogP contribution in [-0.2, 0) is 10.0 Å². The Balaban J connectivity index is 2.26. The predicted molar refractivity (Wildman–Crippen MR) is 72.2 cm³/mol. The summed E-state index contributed by atoms with van der Waals surface area (Å²) < 4.78 is 35.4. The largest absolute Gasteiger partial charge is 0.322 e. The number of carbonyl (C=O) groups excluding carboxylic acids is 1. The van der Waals surface area contributed by atoms with Crippen molar-refractivity contribution >= 4 is 21.6 Å². The number of carbonyl (C=O) groups is 1. The molecule has 0 saturated heterocycles. The number of rotatable bonds is 3. The van der Waals surface area contributed by atoms with Gasteiger partial charge < -0.3 is 5.32 Å². The van der Waals surface area contributed by atoms with Crippen molar-refractivity contribution in [2.45, 2.75) is 4.90 Å². The Bertz CT molecular complexity index is 760. The SMILES string of the molecule is NS(=O)(=O)c1cccc(C(=O)Nc2cccc(F)c2)c1. The highest BCUT2D eigenvalue weighted by Gasteiger charge is 2.12. The number of amides is 1. The van der Waals surface area contributed by atoms with Crippen LogP contribution in [0.4, 0.5) is 10.1 Å². The highest BCUT2D eigenvalue weighted by atomic mass is 32.2. The third-order valence-corrected chi connectivity index (χ3v) is 3.42. The van der Waals surface area contributed by atoms with Crippen LogP contribution in [0.1, 0.15) is 10.4 Å². The zero-order valence-corrected chi connectivity index (χ0v) is 11.0. The normalized spacial score (nSPS) is 11.1. The van der Waals surface area contributed by atoms with Crippen LogP contribution in [0.2, 0.25) is 0 Å². The Morgan fingerprint density at radius 2 is 1.80 bits per heavy atom. The number of hydrogen-bond donors (Lipinski definition) is 2. The molecule has 5 nitrogen and oxygen atoms in total. The van der Waals surface area contributed by atoms with Gasteiger partial charge in [-0.2, -0.15) is 0 Å². The molecule has 0 heterocycles. The highest BCUT2D eigenvalue weighted by Crippen LogP contribution is 2.13. The maximum absolute atomic E-state index is 13.0. The van der Waals surface area contributed by atoms with Gasteiger partial charge in [0.2, 0.25) is 10.0 Å². The molecule has 2 rings (SSSR count). The van der Waals surface area contributed by atoms with Crippen LogP contribution in [0.5, 0.6) is 0 Å². The Kier molecular flexibility index (Phi) is 3.82. The second-order valence-corrected chi connectivity index (χ2v) is 5.60. The lowest BCUT2D eigenvalue weighted by atomic mass is 10.2. The summed E-state index contributed by atoms with van der Waals surface area (Å²) in [6, 6.07) is 10.6. The average molecular weight is 294 g/mol. The molecule has 3 N–H and O–H groups in total. The Labute approximate surface area is 115 Å². The molecular weight excluding hydrogens is 283 g/mol. The summed E-state index contributed by atoms with van der Waals surface area (Å²) in [5, 5.41) is 7.45. The Morgan fingerprint density at radius 1 is 1.10 bits per heavy atom. The van der Waals surface area contributed by atoms with Crippen molar-refractivity contribution < 1.29 is 17.6 Å². The van der Waals surface area contributed by atoms with Crippen molar-refractivity contribution in [3.63, 3.8) is 0 Å². The van der Waals surface area contributed by atoms with Gasteiger partial charge in [-0.25, -0.2) is 17.9 Å². The zero-order chi connectivity index (χ0) is 14.8. The van der Waals surface area contributed by atoms with Crippen LogP contribution in [0, 0.1) is 5.82 Å². The molecule has 0 fully saturated rings. The highest BCUT2D eigenvalue weighted by molar-refractivity contribution is 7.89. The van der Waals surface area contributed by atoms with Crippen LogP contribution in [0.15, 0.2) is 53.4 Å². The fraction of sp³-hybridized carbons (Fsp3) is 0. The summed E-state index contributed by atoms with van der Waals surface area (Å²) in [6.07, 6.45) is 0. The minimum atomic E-state index is -3.88. The third kappa shape index (κ3) is 3.40. The van der Waals surface area contributed by atoms with Crippen molar-refractivity contribution in [3.8, 4) is 0 Å². The van der Waals surface area contributed by atoms with E-state index in [1.165, 1.54) is 36.4 Å². The van der Waals surface area contributed by atoms with Gasteiger partial charge in [0.05, 0.1) is 4.90 Å². The van der Waals surface area contributed by atoms with Crippen molar-refractivity contribution in [1.29, 1.82) is 0 Å². The molecule has 0 aliphatic carbocycles. The van der Waals surface area contributed by atoms with Crippen molar-refractivity contribution in [2.75, 3.05) is 5.32 Å². The molecule has 1 amide bonds. The molecule has 0 aliphatic rings. The van der Waals surface area contributed by atoms with Crippen LogP contribution in [-0.4, -0.2) is 14.3 Å². The van der Waals surface area contributed by atoms with Gasteiger partial charge in [-0.05, 0) is 36.4 Å². The predicted octanol–water partition coefficient (Wildman–Crippen LogP) is 1.73. The second kappa shape index (κ2) is 5.40. The number of anilines is 1. The van der Waals surface area contributed by atoms with Crippen LogP contribution < -0.4 is 10.5 Å². The zero-order valence-electron chi connectivity index (χ0n) is 10.2. The minimum absolute atomic E-state index is 0.112. The second-order valence-electron chi connectivity index (χ2n) is 4.04. The lowest BCUT2D eigenvalue weighted by Gasteiger charge is -2.06. The van der Waals surface area contributed by atoms with Gasteiger partial charge in [-0.1, -0.05) is 12.1 Å². The molecule has 0 bridgehead atoms. The number of nitrogens with one attached hydrogen (secondary N) is 1. The summed E-state index contributed by atoms with van der Waals surface area (Å²) in [7, 11) is -3.88. The van der Waals surface area contributed by atoms with Gasteiger partial charge in [-0.15, -0.1) is 0 Å². The van der Waals surface area contributed by atoms with E-state index in [0.29, 0.717) is 0 Å². The van der Waals surface area contributed by atoms with E-state index in [2.05, 4.69) is 5.32 Å². The van der Waals surface area contributed by atoms with Crippen LogP contribution >= 0.6 is 0 Å². The van der Waals surface area contributed by atoms with Crippen LogP contribution in [0.3, 0.4) is 0 Å². The van der Waals surface area contributed by atoms with Crippen molar-refractivity contribution in [1.82, 2.24) is 0 Å². The number of sulfonamides is 1. The van der Waals surface area contributed by atoms with Gasteiger partial charge in [0, 0.05) is 11.3 Å². The molecule has 0 unspecified atom stereocenters. The number of hydrogen-bond acceptors (Lipinski definition) is 3. The first-order valence-corrected chi connectivity index (χ1v) is 7.11. The van der Waals surface area contributed by atoms with E-state index in [-0.39, 0.29) is 16.1 Å². The molecule has 0 spiro atoms. The summed E-state index contributed by atoms with van der Waals surface area (Å²) in [5.41, 5.74) is 0.386. The molecule has 0 radical (unpaired) electrons. The lowest BCUT2D eigenvalue weighted by molar-refractivity contribution is 0.102. The van der Waals surface area contributed by atoms with Crippen molar-refractivity contribution in [3.05, 3.63) is 59.9 Å². The Morgan fingerprint density at radius 3 is 2.45 bits per heavy atom. The van der Waals surface area contributed by atoms with Gasteiger partial charge >= 0.3 is 0 Å². The fourth-order valence-corrected chi connectivity index (χ4v) is 2.14. The van der Waals surface area contributed by atoms with E-state index in [1.807, 2.05) is 0 Å². The van der Waals surface area contributed by atoms with Gasteiger partial charge in [0.1, 0.15) is 5.82 Å². The van der Waals surface area contributed by atoms with Crippen molar-refractivity contribution in [2.24, 2.45) is 5.14 Å². The molecule has 7 heteroatoms. The van der Waals surface area contributed by atoms with Crippen LogP contribution in [0.25, 0.3) is 0 Å². The average Bonchev–Trinajstić information content (AvgIpc) is 2.38. The first kappa shape index (κ1) is 14.2. The maximum Gasteiger partial charge on any atom is 0.255 e. The van der Waals surface area contributed by atoms with E-state index in [0.717, 1.165) is 12.1 Å². The third-order valence-electron chi connectivity index (χ3n) is 2.51. The van der Waals surface area contributed by atoms with Gasteiger partial charge in [-0.3, -0.25) is 4.79 Å². The number of halogens is 1. The first-order valence-electron chi connectivity index (χ1n) is 5.56. The molecule has 2 aromatic rings. The number of primary sulfonamides is 1. The molecule has 20 heavy (non-hydrogen) atoms. The summed E-state index contributed by atoms with van der Waals surface area (Å²) in [4.78, 5) is 11.8. The molecule has 0 aliphatic heterocycles. The summed E-state index contributed by atoms with van der Waals surface area (Å²) >= 11 is 0. The smallest absolute Gasteiger partial charge is 0.255 e. The van der Waals surface area contributed by atoms with E-state index < -0.39 is 21.7 Å². The van der Waals surface area contributed by atoms with Gasteiger partial charge in [0.25, 0.3) is 5.91 Å². The molecule has 2 aromatic carbocycles. The molecule has 0 atom stereocenters. The topological polar surface area (TPSA) is 89.3 Å². The standard InChI is InChI=1S/C13H11FN2O3S/c14-10-4-2-5-11(8-10)16-13(17)9-3-1-6-12(7-9)20(15,18)19/h1-8H,(H,16,17)(H2,15,18,19). The molecule has 0 aromatic heterocycles. The number of benzene rings is 2. The van der Waals surface area contributed by atoms with E-state index in [1.54, 1.807) is 0 Å². The number of nitrogens with two attached hydrogens (primary N) is 1. The molecular formula is C13H11FN2O3S. The van der Waals surface area contributed by atoms with E-state index in [4.69, 9.17) is 5.14 Å². The fourth-order valence-electron chi connectivity index (χ4n) is 1.58. The van der Waals surface area contributed by atoms with E-state index in [9.17, 15) is 17.6 Å². The summed E-state index contributed by atoms with van der Waals surface area (Å²) in [6.45, 7) is 0. The quantitative estimate of drug-likeness (QED) is 0.903. The monoisotopic (exact) mass is 294 g/mol. The lowest BCUT2D eigenvalue weighted by Crippen LogP contribution is -2.15. The maximum atomic E-state index is 13.0. The molecule has 0 saturated carbocycles. The first-order chi connectivity index (χ1) is 9.36. The minimum Gasteiger partial charge on any atom is -0.322 e.